The number of hydrogen-bond donors (Lipinski definition) is 2. The first-order valence-electron chi connectivity index (χ1n) is 6.27. The van der Waals surface area contributed by atoms with Gasteiger partial charge in [0.15, 0.2) is 0 Å². The smallest absolute Gasteiger partial charge is 0.0767 e. The van der Waals surface area contributed by atoms with E-state index in [9.17, 15) is 5.11 Å². The molecule has 18 heavy (non-hydrogen) atoms. The van der Waals surface area contributed by atoms with Gasteiger partial charge in [0.25, 0.3) is 0 Å². The largest absolute Gasteiger partial charge is 0.394 e. The number of benzene rings is 1. The number of hydrogen-bond acceptors (Lipinski definition) is 3. The minimum absolute atomic E-state index is 0.0312. The number of rotatable bonds is 5. The van der Waals surface area contributed by atoms with Crippen LogP contribution in [0.25, 0.3) is 5.69 Å². The highest BCUT2D eigenvalue weighted by atomic mass is 16.3. The van der Waals surface area contributed by atoms with Crippen molar-refractivity contribution in [2.24, 2.45) is 0 Å². The Balaban J connectivity index is 1.67. The molecule has 4 heteroatoms. The second kappa shape index (κ2) is 4.55. The summed E-state index contributed by atoms with van der Waals surface area (Å²) in [6, 6.07) is 12.1. The van der Waals surface area contributed by atoms with Crippen LogP contribution in [0.15, 0.2) is 42.6 Å². The summed E-state index contributed by atoms with van der Waals surface area (Å²) in [6.07, 6.45) is 4.08. The maximum atomic E-state index is 9.23. The monoisotopic (exact) mass is 243 g/mol. The molecule has 3 rings (SSSR count). The molecule has 0 aliphatic heterocycles. The molecule has 94 valence electrons. The predicted octanol–water partition coefficient (Wildman–Crippen LogP) is 1.49. The summed E-state index contributed by atoms with van der Waals surface area (Å²) in [4.78, 5) is 0. The van der Waals surface area contributed by atoms with Gasteiger partial charge in [-0.25, -0.2) is 4.68 Å². The fraction of sp³-hybridized carbons (Fsp3) is 0.357. The van der Waals surface area contributed by atoms with Gasteiger partial charge in [0.1, 0.15) is 0 Å². The lowest BCUT2D eigenvalue weighted by Crippen LogP contribution is -2.34. The van der Waals surface area contributed by atoms with Crippen LogP contribution in [-0.2, 0) is 6.54 Å². The molecule has 2 N–H and O–H groups in total. The predicted molar refractivity (Wildman–Crippen MR) is 69.5 cm³/mol. The Morgan fingerprint density at radius 2 is 2.00 bits per heavy atom. The fourth-order valence-electron chi connectivity index (χ4n) is 2.00. The molecule has 1 fully saturated rings. The first kappa shape index (κ1) is 11.4. The van der Waals surface area contributed by atoms with Crippen molar-refractivity contribution in [1.29, 1.82) is 0 Å². The van der Waals surface area contributed by atoms with Gasteiger partial charge in [-0.15, -0.1) is 0 Å². The normalized spacial score (nSPS) is 16.7. The minimum atomic E-state index is -0.0312. The minimum Gasteiger partial charge on any atom is -0.394 e. The molecule has 0 saturated heterocycles. The second-order valence-corrected chi connectivity index (χ2v) is 4.88. The van der Waals surface area contributed by atoms with Crippen LogP contribution >= 0.6 is 0 Å². The Morgan fingerprint density at radius 3 is 2.67 bits per heavy atom. The van der Waals surface area contributed by atoms with Crippen LogP contribution < -0.4 is 5.32 Å². The van der Waals surface area contributed by atoms with E-state index in [0.717, 1.165) is 24.2 Å². The Kier molecular flexibility index (Phi) is 2.89. The molecule has 1 heterocycles. The first-order valence-corrected chi connectivity index (χ1v) is 6.27. The summed E-state index contributed by atoms with van der Waals surface area (Å²) in [6.45, 7) is 0.923. The fourth-order valence-corrected chi connectivity index (χ4v) is 2.00. The van der Waals surface area contributed by atoms with Crippen LogP contribution in [0.5, 0.6) is 0 Å². The maximum absolute atomic E-state index is 9.23. The summed E-state index contributed by atoms with van der Waals surface area (Å²) in [5, 5.41) is 17.1. The lowest BCUT2D eigenvalue weighted by atomic mass is 10.3. The van der Waals surface area contributed by atoms with E-state index < -0.39 is 0 Å². The number of nitrogens with zero attached hydrogens (tertiary/aromatic N) is 2. The number of aliphatic hydroxyl groups is 1. The van der Waals surface area contributed by atoms with Crippen LogP contribution in [0.2, 0.25) is 0 Å². The van der Waals surface area contributed by atoms with Crippen molar-refractivity contribution < 1.29 is 5.11 Å². The van der Waals surface area contributed by atoms with Gasteiger partial charge in [-0.1, -0.05) is 18.2 Å². The third-order valence-corrected chi connectivity index (χ3v) is 3.47. The van der Waals surface area contributed by atoms with E-state index in [4.69, 9.17) is 0 Å². The van der Waals surface area contributed by atoms with Crippen LogP contribution in [0, 0.1) is 0 Å². The van der Waals surface area contributed by atoms with Gasteiger partial charge >= 0.3 is 0 Å². The molecule has 2 aromatic rings. The molecule has 1 saturated carbocycles. The highest BCUT2D eigenvalue weighted by molar-refractivity contribution is 5.30. The van der Waals surface area contributed by atoms with Crippen molar-refractivity contribution in [2.45, 2.75) is 24.9 Å². The average Bonchev–Trinajstić information content (AvgIpc) is 3.07. The number of para-hydroxylation sites is 1. The topological polar surface area (TPSA) is 50.1 Å². The van der Waals surface area contributed by atoms with Crippen LogP contribution in [-0.4, -0.2) is 27.0 Å². The molecule has 0 unspecified atom stereocenters. The van der Waals surface area contributed by atoms with Gasteiger partial charge in [0.2, 0.25) is 0 Å². The highest BCUT2D eigenvalue weighted by Gasteiger charge is 2.41. The molecule has 0 spiro atoms. The van der Waals surface area contributed by atoms with E-state index in [-0.39, 0.29) is 12.1 Å². The molecule has 1 aliphatic carbocycles. The SMILES string of the molecule is OCC1(NCc2ccn(-c3ccccc3)n2)CC1. The molecule has 4 nitrogen and oxygen atoms in total. The third-order valence-electron chi connectivity index (χ3n) is 3.47. The van der Waals surface area contributed by atoms with Crippen LogP contribution in [0.3, 0.4) is 0 Å². The van der Waals surface area contributed by atoms with Crippen molar-refractivity contribution >= 4 is 0 Å². The number of aromatic nitrogens is 2. The van der Waals surface area contributed by atoms with E-state index in [1.54, 1.807) is 0 Å². The van der Waals surface area contributed by atoms with Gasteiger partial charge < -0.3 is 10.4 Å². The lowest BCUT2D eigenvalue weighted by Gasteiger charge is -2.12. The molecular formula is C14H17N3O. The molecule has 0 bridgehead atoms. The molecule has 1 aliphatic rings. The summed E-state index contributed by atoms with van der Waals surface area (Å²) in [5.74, 6) is 0. The molecule has 1 aromatic heterocycles. The standard InChI is InChI=1S/C14H17N3O/c18-11-14(7-8-14)15-10-12-6-9-17(16-12)13-4-2-1-3-5-13/h1-6,9,15,18H,7-8,10-11H2. The Morgan fingerprint density at radius 1 is 1.22 bits per heavy atom. The van der Waals surface area contributed by atoms with E-state index in [1.807, 2.05) is 47.3 Å². The Bertz CT molecular complexity index is 517. The quantitative estimate of drug-likeness (QED) is 0.836. The van der Waals surface area contributed by atoms with Gasteiger partial charge in [-0.05, 0) is 31.0 Å². The summed E-state index contributed by atoms with van der Waals surface area (Å²) >= 11 is 0. The van der Waals surface area contributed by atoms with Gasteiger partial charge in [-0.2, -0.15) is 5.10 Å². The summed E-state index contributed by atoms with van der Waals surface area (Å²) < 4.78 is 1.87. The molecular weight excluding hydrogens is 226 g/mol. The van der Waals surface area contributed by atoms with Crippen molar-refractivity contribution in [2.75, 3.05) is 6.61 Å². The van der Waals surface area contributed by atoms with E-state index in [0.29, 0.717) is 6.54 Å². The number of aliphatic hydroxyl groups excluding tert-OH is 1. The Labute approximate surface area is 106 Å². The van der Waals surface area contributed by atoms with Gasteiger partial charge in [0, 0.05) is 18.3 Å². The summed E-state index contributed by atoms with van der Waals surface area (Å²) in [5.41, 5.74) is 2.03. The zero-order chi connectivity index (χ0) is 12.4. The van der Waals surface area contributed by atoms with Gasteiger partial charge in [-0.3, -0.25) is 0 Å². The molecule has 0 atom stereocenters. The average molecular weight is 243 g/mol. The zero-order valence-electron chi connectivity index (χ0n) is 10.2. The first-order chi connectivity index (χ1) is 8.81. The lowest BCUT2D eigenvalue weighted by molar-refractivity contribution is 0.229. The Hall–Kier alpha value is -1.65. The van der Waals surface area contributed by atoms with Crippen molar-refractivity contribution in [1.82, 2.24) is 15.1 Å². The second-order valence-electron chi connectivity index (χ2n) is 4.88. The molecule has 1 aromatic carbocycles. The molecule has 0 amide bonds. The van der Waals surface area contributed by atoms with E-state index >= 15 is 0 Å². The van der Waals surface area contributed by atoms with E-state index in [1.165, 1.54) is 0 Å². The highest BCUT2D eigenvalue weighted by Crippen LogP contribution is 2.34. The van der Waals surface area contributed by atoms with Crippen LogP contribution in [0.4, 0.5) is 0 Å². The summed E-state index contributed by atoms with van der Waals surface area (Å²) in [7, 11) is 0. The van der Waals surface area contributed by atoms with Gasteiger partial charge in [0.05, 0.1) is 18.0 Å². The van der Waals surface area contributed by atoms with Crippen LogP contribution in [0.1, 0.15) is 18.5 Å². The third kappa shape index (κ3) is 2.30. The molecule has 0 radical (unpaired) electrons. The van der Waals surface area contributed by atoms with Crippen molar-refractivity contribution in [3.05, 3.63) is 48.3 Å². The van der Waals surface area contributed by atoms with Crippen molar-refractivity contribution in [3.8, 4) is 5.69 Å². The zero-order valence-corrected chi connectivity index (χ0v) is 10.2. The van der Waals surface area contributed by atoms with E-state index in [2.05, 4.69) is 10.4 Å². The number of nitrogens with one attached hydrogen (secondary N) is 1. The maximum Gasteiger partial charge on any atom is 0.0767 e. The van der Waals surface area contributed by atoms with Crippen molar-refractivity contribution in [3.63, 3.8) is 0 Å².